The van der Waals surface area contributed by atoms with Crippen molar-refractivity contribution >= 4 is 11.6 Å². The molecule has 1 aromatic carbocycles. The van der Waals surface area contributed by atoms with E-state index in [-0.39, 0.29) is 5.91 Å². The second-order valence-electron chi connectivity index (χ2n) is 4.85. The van der Waals surface area contributed by atoms with Gasteiger partial charge in [0.15, 0.2) is 0 Å². The highest BCUT2D eigenvalue weighted by atomic mass is 16.5. The van der Waals surface area contributed by atoms with Crippen molar-refractivity contribution in [3.05, 3.63) is 29.3 Å². The van der Waals surface area contributed by atoms with E-state index >= 15 is 0 Å². The molecule has 5 heteroatoms. The summed E-state index contributed by atoms with van der Waals surface area (Å²) < 4.78 is 5.02. The molecule has 112 valence electrons. The Morgan fingerprint density at radius 3 is 2.75 bits per heavy atom. The Morgan fingerprint density at radius 2 is 2.10 bits per heavy atom. The highest BCUT2D eigenvalue weighted by molar-refractivity contribution is 5.99. The van der Waals surface area contributed by atoms with E-state index in [1.807, 2.05) is 39.2 Å². The number of benzene rings is 1. The Morgan fingerprint density at radius 1 is 1.35 bits per heavy atom. The van der Waals surface area contributed by atoms with Crippen molar-refractivity contribution in [2.75, 3.05) is 52.8 Å². The smallest absolute Gasteiger partial charge is 0.253 e. The third kappa shape index (κ3) is 5.19. The molecule has 1 rings (SSSR count). The number of hydrogen-bond donors (Lipinski definition) is 2. The van der Waals surface area contributed by atoms with Gasteiger partial charge in [-0.2, -0.15) is 0 Å². The van der Waals surface area contributed by atoms with Gasteiger partial charge in [0.05, 0.1) is 12.2 Å². The summed E-state index contributed by atoms with van der Waals surface area (Å²) in [5.74, 6) is -0.0433. The van der Waals surface area contributed by atoms with E-state index in [2.05, 4.69) is 15.5 Å². The lowest BCUT2D eigenvalue weighted by molar-refractivity contribution is 0.0948. The molecule has 1 aromatic rings. The van der Waals surface area contributed by atoms with Gasteiger partial charge >= 0.3 is 0 Å². The van der Waals surface area contributed by atoms with E-state index in [0.29, 0.717) is 18.7 Å². The van der Waals surface area contributed by atoms with Gasteiger partial charge in [-0.25, -0.2) is 0 Å². The van der Waals surface area contributed by atoms with Crippen molar-refractivity contribution in [3.8, 4) is 0 Å². The highest BCUT2D eigenvalue weighted by Gasteiger charge is 2.10. The predicted octanol–water partition coefficient (Wildman–Crippen LogP) is 1.34. The molecule has 0 saturated carbocycles. The third-order valence-corrected chi connectivity index (χ3v) is 3.15. The van der Waals surface area contributed by atoms with Crippen LogP contribution < -0.4 is 10.6 Å². The Hall–Kier alpha value is -1.59. The fourth-order valence-electron chi connectivity index (χ4n) is 1.88. The minimum atomic E-state index is -0.0433. The Labute approximate surface area is 121 Å². The number of likely N-dealkylation sites (N-methyl/N-ethyl adjacent to an activating group) is 1. The molecule has 0 saturated heterocycles. The van der Waals surface area contributed by atoms with Crippen LogP contribution in [0.15, 0.2) is 18.2 Å². The van der Waals surface area contributed by atoms with Crippen molar-refractivity contribution in [1.82, 2.24) is 10.2 Å². The van der Waals surface area contributed by atoms with E-state index in [4.69, 9.17) is 4.74 Å². The summed E-state index contributed by atoms with van der Waals surface area (Å²) in [4.78, 5) is 14.3. The van der Waals surface area contributed by atoms with E-state index in [0.717, 1.165) is 24.3 Å². The first-order valence-electron chi connectivity index (χ1n) is 6.82. The van der Waals surface area contributed by atoms with Gasteiger partial charge in [-0.05, 0) is 26.1 Å². The lowest BCUT2D eigenvalue weighted by Gasteiger charge is -2.16. The van der Waals surface area contributed by atoms with Crippen molar-refractivity contribution in [2.24, 2.45) is 0 Å². The number of methoxy groups -OCH3 is 1. The summed E-state index contributed by atoms with van der Waals surface area (Å²) in [7, 11) is 5.52. The fourth-order valence-corrected chi connectivity index (χ4v) is 1.88. The largest absolute Gasteiger partial charge is 0.387 e. The average Bonchev–Trinajstić information content (AvgIpc) is 2.44. The number of carbonyl (C=O) groups excluding carboxylic acids is 1. The van der Waals surface area contributed by atoms with Gasteiger partial charge in [0.2, 0.25) is 0 Å². The van der Waals surface area contributed by atoms with Crippen LogP contribution >= 0.6 is 0 Å². The maximum atomic E-state index is 12.2. The molecular weight excluding hydrogens is 254 g/mol. The standard InChI is InChI=1S/C15H25N3O2/c1-12-5-6-14(16-2)13(11-12)15(19)17-7-8-18(3)9-10-20-4/h5-6,11,16H,7-10H2,1-4H3,(H,17,19). The number of nitrogens with one attached hydrogen (secondary N) is 2. The number of nitrogens with zero attached hydrogens (tertiary/aromatic N) is 1. The van der Waals surface area contributed by atoms with Crippen LogP contribution in [0, 0.1) is 6.92 Å². The first kappa shape index (κ1) is 16.5. The van der Waals surface area contributed by atoms with Gasteiger partial charge in [-0.15, -0.1) is 0 Å². The number of anilines is 1. The molecule has 0 unspecified atom stereocenters. The fraction of sp³-hybridized carbons (Fsp3) is 0.533. The van der Waals surface area contributed by atoms with Crippen LogP contribution in [-0.2, 0) is 4.74 Å². The van der Waals surface area contributed by atoms with E-state index in [1.54, 1.807) is 7.11 Å². The average molecular weight is 279 g/mol. The molecule has 0 aromatic heterocycles. The van der Waals surface area contributed by atoms with Gasteiger partial charge in [0.1, 0.15) is 0 Å². The second-order valence-corrected chi connectivity index (χ2v) is 4.85. The zero-order chi connectivity index (χ0) is 15.0. The first-order valence-corrected chi connectivity index (χ1v) is 6.82. The summed E-state index contributed by atoms with van der Waals surface area (Å²) in [5.41, 5.74) is 2.61. The van der Waals surface area contributed by atoms with E-state index < -0.39 is 0 Å². The molecule has 0 aliphatic rings. The zero-order valence-electron chi connectivity index (χ0n) is 12.8. The second kappa shape index (κ2) is 8.55. The molecule has 2 N–H and O–H groups in total. The van der Waals surface area contributed by atoms with Gasteiger partial charge in [-0.3, -0.25) is 4.79 Å². The van der Waals surface area contributed by atoms with Crippen molar-refractivity contribution < 1.29 is 9.53 Å². The van der Waals surface area contributed by atoms with E-state index in [1.165, 1.54) is 0 Å². The number of ether oxygens (including phenoxy) is 1. The monoisotopic (exact) mass is 279 g/mol. The van der Waals surface area contributed by atoms with Gasteiger partial charge < -0.3 is 20.3 Å². The maximum Gasteiger partial charge on any atom is 0.253 e. The first-order chi connectivity index (χ1) is 9.58. The van der Waals surface area contributed by atoms with Crippen molar-refractivity contribution in [2.45, 2.75) is 6.92 Å². The van der Waals surface area contributed by atoms with E-state index in [9.17, 15) is 4.79 Å². The van der Waals surface area contributed by atoms with Crippen LogP contribution in [0.4, 0.5) is 5.69 Å². The van der Waals surface area contributed by atoms with Gasteiger partial charge in [0.25, 0.3) is 5.91 Å². The molecule has 0 spiro atoms. The third-order valence-electron chi connectivity index (χ3n) is 3.15. The number of carbonyl (C=O) groups is 1. The molecule has 0 fully saturated rings. The number of hydrogen-bond acceptors (Lipinski definition) is 4. The molecule has 0 atom stereocenters. The Balaban J connectivity index is 2.49. The summed E-state index contributed by atoms with van der Waals surface area (Å²) in [6.07, 6.45) is 0. The Kier molecular flexibility index (Phi) is 7.04. The van der Waals surface area contributed by atoms with Crippen LogP contribution in [-0.4, -0.2) is 58.3 Å². The summed E-state index contributed by atoms with van der Waals surface area (Å²) in [5, 5.41) is 5.99. The Bertz CT molecular complexity index is 435. The van der Waals surface area contributed by atoms with Gasteiger partial charge in [-0.1, -0.05) is 11.6 Å². The molecular formula is C15H25N3O2. The summed E-state index contributed by atoms with van der Waals surface area (Å²) in [6.45, 7) is 4.96. The molecule has 0 radical (unpaired) electrons. The minimum absolute atomic E-state index is 0.0433. The van der Waals surface area contributed by atoms with Gasteiger partial charge in [0, 0.05) is 39.5 Å². The molecule has 20 heavy (non-hydrogen) atoms. The SMILES string of the molecule is CNc1ccc(C)cc1C(=O)NCCN(C)CCOC. The summed E-state index contributed by atoms with van der Waals surface area (Å²) >= 11 is 0. The zero-order valence-corrected chi connectivity index (χ0v) is 12.8. The van der Waals surface area contributed by atoms with Crippen LogP contribution in [0.3, 0.4) is 0 Å². The lowest BCUT2D eigenvalue weighted by atomic mass is 10.1. The summed E-state index contributed by atoms with van der Waals surface area (Å²) in [6, 6.07) is 5.81. The molecule has 0 bridgehead atoms. The topological polar surface area (TPSA) is 53.6 Å². The van der Waals surface area contributed by atoms with Crippen LogP contribution in [0.25, 0.3) is 0 Å². The number of amides is 1. The molecule has 5 nitrogen and oxygen atoms in total. The quantitative estimate of drug-likeness (QED) is 0.754. The number of aryl methyl sites for hydroxylation is 1. The predicted molar refractivity (Wildman–Crippen MR) is 82.4 cm³/mol. The van der Waals surface area contributed by atoms with Crippen molar-refractivity contribution in [1.29, 1.82) is 0 Å². The number of rotatable bonds is 8. The lowest BCUT2D eigenvalue weighted by Crippen LogP contribution is -2.34. The van der Waals surface area contributed by atoms with Crippen LogP contribution in [0.1, 0.15) is 15.9 Å². The molecule has 1 amide bonds. The van der Waals surface area contributed by atoms with Crippen LogP contribution in [0.5, 0.6) is 0 Å². The minimum Gasteiger partial charge on any atom is -0.387 e. The van der Waals surface area contributed by atoms with Crippen molar-refractivity contribution in [3.63, 3.8) is 0 Å². The molecule has 0 aliphatic carbocycles. The normalized spacial score (nSPS) is 10.7. The van der Waals surface area contributed by atoms with Crippen LogP contribution in [0.2, 0.25) is 0 Å². The maximum absolute atomic E-state index is 12.2. The highest BCUT2D eigenvalue weighted by Crippen LogP contribution is 2.16. The molecule has 0 heterocycles. The molecule has 0 aliphatic heterocycles.